The van der Waals surface area contributed by atoms with Gasteiger partial charge in [-0.25, -0.2) is 4.79 Å². The number of nitrogens with zero attached hydrogens (tertiary/aromatic N) is 2. The van der Waals surface area contributed by atoms with Crippen LogP contribution in [0.2, 0.25) is 0 Å². The van der Waals surface area contributed by atoms with Crippen LogP contribution in [0.25, 0.3) is 0 Å². The topological polar surface area (TPSA) is 90.2 Å². The van der Waals surface area contributed by atoms with Crippen LogP contribution in [0.15, 0.2) is 78.1 Å². The van der Waals surface area contributed by atoms with Crippen molar-refractivity contribution in [2.45, 2.75) is 32.8 Å². The summed E-state index contributed by atoms with van der Waals surface area (Å²) in [5, 5.41) is 13.3. The average Bonchev–Trinajstić information content (AvgIpc) is 2.85. The van der Waals surface area contributed by atoms with E-state index in [9.17, 15) is 9.90 Å². The van der Waals surface area contributed by atoms with Crippen molar-refractivity contribution in [3.63, 3.8) is 0 Å². The molecule has 1 atom stereocenters. The van der Waals surface area contributed by atoms with E-state index in [1.54, 1.807) is 25.3 Å². The highest BCUT2D eigenvalue weighted by Crippen LogP contribution is 2.15. The fourth-order valence-corrected chi connectivity index (χ4v) is 3.29. The van der Waals surface area contributed by atoms with Gasteiger partial charge in [-0.2, -0.15) is 0 Å². The standard InChI is InChI=1S/C27H30N2O5/c1-3-32-26(27(30)31)18-22-9-13-25(14-10-22)33-15-16-34-29-20(2)23-11-12-24(28-19-23)17-21-7-5-4-6-8-21/h4-14,19,26H,3,15-18H2,1-2H3,(H,30,31)/b29-20-. The van der Waals surface area contributed by atoms with E-state index < -0.39 is 12.1 Å². The van der Waals surface area contributed by atoms with E-state index in [1.807, 2.05) is 49.4 Å². The Hall–Kier alpha value is -3.71. The number of rotatable bonds is 13. The first-order valence-corrected chi connectivity index (χ1v) is 11.3. The molecule has 0 amide bonds. The molecule has 7 heteroatoms. The number of hydrogen-bond acceptors (Lipinski definition) is 6. The van der Waals surface area contributed by atoms with E-state index in [-0.39, 0.29) is 0 Å². The molecule has 0 aliphatic heterocycles. The number of aromatic nitrogens is 1. The van der Waals surface area contributed by atoms with Crippen molar-refractivity contribution in [2.75, 3.05) is 19.8 Å². The zero-order valence-corrected chi connectivity index (χ0v) is 19.5. The number of benzene rings is 2. The van der Waals surface area contributed by atoms with E-state index in [1.165, 1.54) is 5.56 Å². The van der Waals surface area contributed by atoms with Crippen LogP contribution in [0.5, 0.6) is 5.75 Å². The van der Waals surface area contributed by atoms with Gasteiger partial charge in [-0.15, -0.1) is 0 Å². The average molecular weight is 463 g/mol. The number of ether oxygens (including phenoxy) is 2. The van der Waals surface area contributed by atoms with Crippen LogP contribution in [0.3, 0.4) is 0 Å². The number of carboxylic acids is 1. The molecule has 0 saturated heterocycles. The van der Waals surface area contributed by atoms with Crippen LogP contribution in [0, 0.1) is 0 Å². The molecular weight excluding hydrogens is 432 g/mol. The third-order valence-corrected chi connectivity index (χ3v) is 5.10. The number of hydrogen-bond donors (Lipinski definition) is 1. The molecule has 0 fully saturated rings. The van der Waals surface area contributed by atoms with E-state index in [2.05, 4.69) is 22.3 Å². The van der Waals surface area contributed by atoms with Crippen LogP contribution in [0.1, 0.15) is 36.2 Å². The zero-order valence-electron chi connectivity index (χ0n) is 19.5. The highest BCUT2D eigenvalue weighted by atomic mass is 16.6. The Bertz CT molecular complexity index is 1050. The number of oxime groups is 1. The van der Waals surface area contributed by atoms with Crippen LogP contribution < -0.4 is 4.74 Å². The Labute approximate surface area is 200 Å². The Balaban J connectivity index is 1.40. The summed E-state index contributed by atoms with van der Waals surface area (Å²) in [5.74, 6) is -0.288. The lowest BCUT2D eigenvalue weighted by Gasteiger charge is -2.12. The van der Waals surface area contributed by atoms with Crippen molar-refractivity contribution >= 4 is 11.7 Å². The third kappa shape index (κ3) is 8.01. The Morgan fingerprint density at radius 2 is 1.76 bits per heavy atom. The zero-order chi connectivity index (χ0) is 24.2. The van der Waals surface area contributed by atoms with Gasteiger partial charge in [0, 0.05) is 36.9 Å². The molecule has 3 aromatic rings. The normalized spacial score (nSPS) is 12.2. The monoisotopic (exact) mass is 462 g/mol. The second-order valence-electron chi connectivity index (χ2n) is 7.69. The largest absolute Gasteiger partial charge is 0.490 e. The number of carboxylic acid groups (broad SMARTS) is 1. The van der Waals surface area contributed by atoms with Crippen molar-refractivity contribution in [3.8, 4) is 5.75 Å². The fraction of sp³-hybridized carbons (Fsp3) is 0.296. The predicted molar refractivity (Wildman–Crippen MR) is 130 cm³/mol. The van der Waals surface area contributed by atoms with E-state index >= 15 is 0 Å². The lowest BCUT2D eigenvalue weighted by Crippen LogP contribution is -2.26. The molecule has 34 heavy (non-hydrogen) atoms. The first kappa shape index (κ1) is 24.9. The molecule has 0 bridgehead atoms. The number of pyridine rings is 1. The fourth-order valence-electron chi connectivity index (χ4n) is 3.29. The Kier molecular flexibility index (Phi) is 9.61. The summed E-state index contributed by atoms with van der Waals surface area (Å²) in [6.45, 7) is 4.64. The summed E-state index contributed by atoms with van der Waals surface area (Å²) in [4.78, 5) is 21.1. The molecule has 3 rings (SSSR count). The second kappa shape index (κ2) is 13.1. The first-order valence-electron chi connectivity index (χ1n) is 11.3. The van der Waals surface area contributed by atoms with E-state index in [0.29, 0.717) is 32.0 Å². The minimum Gasteiger partial charge on any atom is -0.490 e. The molecule has 0 radical (unpaired) electrons. The van der Waals surface area contributed by atoms with Gasteiger partial charge in [-0.1, -0.05) is 47.6 Å². The maximum absolute atomic E-state index is 11.2. The third-order valence-electron chi connectivity index (χ3n) is 5.10. The minimum absolute atomic E-state index is 0.296. The Morgan fingerprint density at radius 1 is 1.00 bits per heavy atom. The Morgan fingerprint density at radius 3 is 2.41 bits per heavy atom. The van der Waals surface area contributed by atoms with Crippen LogP contribution in [0.4, 0.5) is 0 Å². The first-order chi connectivity index (χ1) is 16.5. The molecule has 0 saturated carbocycles. The van der Waals surface area contributed by atoms with Crippen molar-refractivity contribution in [3.05, 3.63) is 95.3 Å². The molecule has 178 valence electrons. The number of aliphatic carboxylic acids is 1. The van der Waals surface area contributed by atoms with Gasteiger partial charge >= 0.3 is 5.97 Å². The van der Waals surface area contributed by atoms with Gasteiger partial charge in [0.25, 0.3) is 0 Å². The van der Waals surface area contributed by atoms with E-state index in [0.717, 1.165) is 29.0 Å². The number of carbonyl (C=O) groups is 1. The molecule has 1 heterocycles. The lowest BCUT2D eigenvalue weighted by molar-refractivity contribution is -0.149. The summed E-state index contributed by atoms with van der Waals surface area (Å²) >= 11 is 0. The summed E-state index contributed by atoms with van der Waals surface area (Å²) in [5.41, 5.74) is 4.74. The van der Waals surface area contributed by atoms with Crippen molar-refractivity contribution in [1.29, 1.82) is 0 Å². The van der Waals surface area contributed by atoms with Gasteiger partial charge in [-0.05, 0) is 49.2 Å². The highest BCUT2D eigenvalue weighted by Gasteiger charge is 2.17. The van der Waals surface area contributed by atoms with Crippen molar-refractivity contribution in [1.82, 2.24) is 4.98 Å². The van der Waals surface area contributed by atoms with Crippen molar-refractivity contribution < 1.29 is 24.2 Å². The molecule has 2 aromatic carbocycles. The quantitative estimate of drug-likeness (QED) is 0.228. The van der Waals surface area contributed by atoms with Crippen molar-refractivity contribution in [2.24, 2.45) is 5.16 Å². The molecule has 1 aromatic heterocycles. The molecule has 7 nitrogen and oxygen atoms in total. The van der Waals surface area contributed by atoms with Gasteiger partial charge in [0.05, 0.1) is 5.71 Å². The SMILES string of the molecule is CCOC(Cc1ccc(OCCO/N=C(/C)c2ccc(Cc3ccccc3)nc2)cc1)C(=O)O. The summed E-state index contributed by atoms with van der Waals surface area (Å²) < 4.78 is 10.9. The smallest absolute Gasteiger partial charge is 0.333 e. The molecule has 0 aliphatic rings. The lowest BCUT2D eigenvalue weighted by atomic mass is 10.1. The van der Waals surface area contributed by atoms with Gasteiger partial charge < -0.3 is 19.4 Å². The van der Waals surface area contributed by atoms with Gasteiger partial charge in [0.2, 0.25) is 0 Å². The van der Waals surface area contributed by atoms with Crippen LogP contribution in [-0.2, 0) is 27.2 Å². The molecule has 1 unspecified atom stereocenters. The molecular formula is C27H30N2O5. The predicted octanol–water partition coefficient (Wildman–Crippen LogP) is 4.52. The maximum atomic E-state index is 11.2. The van der Waals surface area contributed by atoms with Crippen LogP contribution >= 0.6 is 0 Å². The van der Waals surface area contributed by atoms with Gasteiger partial charge in [-0.3, -0.25) is 4.98 Å². The summed E-state index contributed by atoms with van der Waals surface area (Å²) in [7, 11) is 0. The summed E-state index contributed by atoms with van der Waals surface area (Å²) in [6.07, 6.45) is 2.06. The maximum Gasteiger partial charge on any atom is 0.333 e. The highest BCUT2D eigenvalue weighted by molar-refractivity contribution is 5.98. The second-order valence-corrected chi connectivity index (χ2v) is 7.69. The molecule has 1 N–H and O–H groups in total. The van der Waals surface area contributed by atoms with E-state index in [4.69, 9.17) is 14.3 Å². The summed E-state index contributed by atoms with van der Waals surface area (Å²) in [6, 6.07) is 21.5. The molecule has 0 spiro atoms. The van der Waals surface area contributed by atoms with Gasteiger partial charge in [0.1, 0.15) is 12.4 Å². The molecule has 0 aliphatic carbocycles. The van der Waals surface area contributed by atoms with Gasteiger partial charge in [0.15, 0.2) is 12.7 Å². The van der Waals surface area contributed by atoms with Crippen LogP contribution in [-0.4, -0.2) is 47.7 Å². The minimum atomic E-state index is -0.964.